The van der Waals surface area contributed by atoms with E-state index in [4.69, 9.17) is 27.1 Å². The third-order valence-electron chi connectivity index (χ3n) is 8.60. The minimum atomic E-state index is -0.279. The van der Waals surface area contributed by atoms with Gasteiger partial charge in [0.1, 0.15) is 22.7 Å². The molecule has 4 aliphatic rings. The van der Waals surface area contributed by atoms with Gasteiger partial charge >= 0.3 is 0 Å². The van der Waals surface area contributed by atoms with Gasteiger partial charge in [-0.05, 0) is 80.8 Å². The summed E-state index contributed by atoms with van der Waals surface area (Å²) in [7, 11) is 0. The number of fused-ring (bicyclic) bond motifs is 4. The number of nitrogens with two attached hydrogens (primary N) is 1. The van der Waals surface area contributed by atoms with E-state index in [-0.39, 0.29) is 35.3 Å². The molecule has 1 aromatic carbocycles. The predicted molar refractivity (Wildman–Crippen MR) is 139 cm³/mol. The number of pyridine rings is 1. The molecule has 1 amide bonds. The van der Waals surface area contributed by atoms with Crippen molar-refractivity contribution in [1.29, 1.82) is 0 Å². The number of nitrogens with one attached hydrogen (secondary N) is 3. The average molecular weight is 505 g/mol. The molecule has 4 heterocycles. The highest BCUT2D eigenvalue weighted by Crippen LogP contribution is 2.46. The lowest BCUT2D eigenvalue weighted by Crippen LogP contribution is -2.48. The summed E-state index contributed by atoms with van der Waals surface area (Å²) >= 11 is 6.60. The minimum absolute atomic E-state index is 0.0297. The maximum absolute atomic E-state index is 12.2. The van der Waals surface area contributed by atoms with Gasteiger partial charge in [-0.1, -0.05) is 23.8 Å². The molecule has 9 heteroatoms. The fourth-order valence-electron chi connectivity index (χ4n) is 6.69. The SMILES string of the molecule is NC(=O)[C@@H]1[C@H](Nc2c(Cl)cnc3nc(-c4ccc5c(c4)CCC4(CCNCC4)O5)[nH]c23)[C@H]2C=C[C@@H]1C2. The van der Waals surface area contributed by atoms with Crippen LogP contribution in [-0.2, 0) is 11.2 Å². The first kappa shape index (κ1) is 22.1. The van der Waals surface area contributed by atoms with Crippen molar-refractivity contribution < 1.29 is 9.53 Å². The predicted octanol–water partition coefficient (Wildman–Crippen LogP) is 3.81. The first-order chi connectivity index (χ1) is 17.5. The van der Waals surface area contributed by atoms with E-state index < -0.39 is 0 Å². The number of anilines is 1. The molecule has 4 atom stereocenters. The Morgan fingerprint density at radius 2 is 2.03 bits per heavy atom. The largest absolute Gasteiger partial charge is 0.487 e. The molecule has 36 heavy (non-hydrogen) atoms. The van der Waals surface area contributed by atoms with Gasteiger partial charge in [0.15, 0.2) is 5.65 Å². The molecular formula is C27H29ClN6O2. The molecule has 2 fully saturated rings. The van der Waals surface area contributed by atoms with Crippen molar-refractivity contribution in [3.05, 3.63) is 47.1 Å². The number of carbonyl (C=O) groups is 1. The van der Waals surface area contributed by atoms with Crippen LogP contribution in [0.2, 0.25) is 5.02 Å². The van der Waals surface area contributed by atoms with E-state index in [2.05, 4.69) is 51.0 Å². The number of H-pyrrole nitrogens is 1. The number of aromatic amines is 1. The molecule has 2 bridgehead atoms. The molecule has 8 nitrogen and oxygen atoms in total. The Bertz CT molecular complexity index is 1390. The number of primary amides is 1. The second-order valence-electron chi connectivity index (χ2n) is 10.7. The molecule has 186 valence electrons. The normalized spacial score (nSPS) is 27.8. The molecule has 1 saturated heterocycles. The van der Waals surface area contributed by atoms with Crippen molar-refractivity contribution in [2.24, 2.45) is 23.5 Å². The van der Waals surface area contributed by atoms with Crippen LogP contribution >= 0.6 is 11.6 Å². The van der Waals surface area contributed by atoms with Crippen LogP contribution < -0.4 is 21.1 Å². The van der Waals surface area contributed by atoms with Gasteiger partial charge in [-0.15, -0.1) is 0 Å². The van der Waals surface area contributed by atoms with E-state index in [1.165, 1.54) is 5.56 Å². The van der Waals surface area contributed by atoms with Gasteiger partial charge in [-0.25, -0.2) is 9.97 Å². The number of allylic oxidation sites excluding steroid dienone is 1. The van der Waals surface area contributed by atoms with Crippen LogP contribution in [0.25, 0.3) is 22.6 Å². The number of halogens is 1. The fraction of sp³-hybridized carbons (Fsp3) is 0.444. The Hall–Kier alpha value is -3.10. The van der Waals surface area contributed by atoms with Gasteiger partial charge in [-0.3, -0.25) is 4.79 Å². The van der Waals surface area contributed by atoms with Gasteiger partial charge in [0.25, 0.3) is 0 Å². The van der Waals surface area contributed by atoms with E-state index in [9.17, 15) is 4.79 Å². The van der Waals surface area contributed by atoms with E-state index in [0.717, 1.165) is 67.8 Å². The molecule has 2 aliphatic heterocycles. The Morgan fingerprint density at radius 1 is 1.19 bits per heavy atom. The van der Waals surface area contributed by atoms with Crippen LogP contribution in [0.15, 0.2) is 36.5 Å². The van der Waals surface area contributed by atoms with Crippen molar-refractivity contribution in [3.63, 3.8) is 0 Å². The third kappa shape index (κ3) is 3.50. The standard InChI is InChI=1S/C27H29ClN6O2/c28-18-13-31-26-23(22(18)32-21-16-2-1-15(12-16)20(21)24(29)35)33-25(34-26)17-3-4-19-14(11-17)5-6-27(36-19)7-9-30-10-8-27/h1-4,11,13,15-16,20-21,30H,5-10,12H2,(H2,29,35)(H2,31,32,33,34)/t15-,16+,20+,21-/m1/s1. The first-order valence-electron chi connectivity index (χ1n) is 12.8. The highest BCUT2D eigenvalue weighted by molar-refractivity contribution is 6.34. The van der Waals surface area contributed by atoms with Gasteiger partial charge < -0.3 is 26.1 Å². The molecule has 3 aromatic rings. The summed E-state index contributed by atoms with van der Waals surface area (Å²) in [6.07, 6.45) is 11.0. The van der Waals surface area contributed by atoms with Gasteiger partial charge in [-0.2, -0.15) is 0 Å². The number of rotatable bonds is 4. The molecule has 1 saturated carbocycles. The quantitative estimate of drug-likeness (QED) is 0.401. The van der Waals surface area contributed by atoms with E-state index in [0.29, 0.717) is 16.4 Å². The number of nitrogens with zero attached hydrogens (tertiary/aromatic N) is 2. The van der Waals surface area contributed by atoms with E-state index in [1.807, 2.05) is 0 Å². The monoisotopic (exact) mass is 504 g/mol. The zero-order valence-corrected chi connectivity index (χ0v) is 20.6. The smallest absolute Gasteiger partial charge is 0.223 e. The second-order valence-corrected chi connectivity index (χ2v) is 11.1. The highest BCUT2D eigenvalue weighted by atomic mass is 35.5. The van der Waals surface area contributed by atoms with Crippen molar-refractivity contribution in [2.45, 2.75) is 43.7 Å². The number of hydrogen-bond acceptors (Lipinski definition) is 6. The number of imidazole rings is 1. The van der Waals surface area contributed by atoms with Crippen LogP contribution in [0, 0.1) is 17.8 Å². The minimum Gasteiger partial charge on any atom is -0.487 e. The molecule has 5 N–H and O–H groups in total. The van der Waals surface area contributed by atoms with Crippen molar-refractivity contribution >= 4 is 34.4 Å². The lowest BCUT2D eigenvalue weighted by molar-refractivity contribution is -0.122. The number of benzene rings is 1. The summed E-state index contributed by atoms with van der Waals surface area (Å²) in [6.45, 7) is 2.02. The van der Waals surface area contributed by atoms with Crippen LogP contribution in [0.1, 0.15) is 31.2 Å². The number of ether oxygens (including phenoxy) is 1. The summed E-state index contributed by atoms with van der Waals surface area (Å²) in [4.78, 5) is 24.9. The summed E-state index contributed by atoms with van der Waals surface area (Å²) in [5.74, 6) is 1.60. The Morgan fingerprint density at radius 3 is 2.86 bits per heavy atom. The van der Waals surface area contributed by atoms with Crippen molar-refractivity contribution in [2.75, 3.05) is 18.4 Å². The number of aryl methyl sites for hydroxylation is 1. The molecule has 7 rings (SSSR count). The number of aromatic nitrogens is 3. The van der Waals surface area contributed by atoms with E-state index in [1.54, 1.807) is 6.20 Å². The maximum atomic E-state index is 12.2. The maximum Gasteiger partial charge on any atom is 0.223 e. The Kier molecular flexibility index (Phi) is 5.05. The third-order valence-corrected chi connectivity index (χ3v) is 8.88. The van der Waals surface area contributed by atoms with Crippen molar-refractivity contribution in [1.82, 2.24) is 20.3 Å². The molecular weight excluding hydrogens is 476 g/mol. The van der Waals surface area contributed by atoms with Gasteiger partial charge in [0, 0.05) is 11.6 Å². The molecule has 2 aliphatic carbocycles. The zero-order valence-electron chi connectivity index (χ0n) is 19.9. The van der Waals surface area contributed by atoms with Crippen LogP contribution in [-0.4, -0.2) is 45.6 Å². The fourth-order valence-corrected chi connectivity index (χ4v) is 6.89. The molecule has 0 unspecified atom stereocenters. The van der Waals surface area contributed by atoms with Crippen molar-refractivity contribution in [3.8, 4) is 17.1 Å². The summed E-state index contributed by atoms with van der Waals surface area (Å²) in [6, 6.07) is 6.18. The number of amides is 1. The molecule has 0 radical (unpaired) electrons. The topological polar surface area (TPSA) is 118 Å². The second kappa shape index (κ2) is 8.21. The van der Waals surface area contributed by atoms with Gasteiger partial charge in [0.2, 0.25) is 5.91 Å². The summed E-state index contributed by atoms with van der Waals surface area (Å²) in [5, 5.41) is 7.46. The lowest BCUT2D eigenvalue weighted by atomic mass is 9.83. The summed E-state index contributed by atoms with van der Waals surface area (Å²) in [5.41, 5.74) is 9.95. The number of piperidine rings is 1. The Labute approximate surface area is 214 Å². The molecule has 2 aromatic heterocycles. The van der Waals surface area contributed by atoms with Crippen LogP contribution in [0.5, 0.6) is 5.75 Å². The zero-order chi connectivity index (χ0) is 24.4. The summed E-state index contributed by atoms with van der Waals surface area (Å²) < 4.78 is 6.52. The highest BCUT2D eigenvalue weighted by Gasteiger charge is 2.47. The van der Waals surface area contributed by atoms with Crippen LogP contribution in [0.4, 0.5) is 5.69 Å². The number of carbonyl (C=O) groups excluding carboxylic acids is 1. The lowest BCUT2D eigenvalue weighted by Gasteiger charge is -2.41. The van der Waals surface area contributed by atoms with Crippen LogP contribution in [0.3, 0.4) is 0 Å². The molecule has 1 spiro atoms. The van der Waals surface area contributed by atoms with Gasteiger partial charge in [0.05, 0.1) is 22.8 Å². The Balaban J connectivity index is 1.20. The first-order valence-corrected chi connectivity index (χ1v) is 13.2. The number of hydrogen-bond donors (Lipinski definition) is 4. The van der Waals surface area contributed by atoms with E-state index >= 15 is 0 Å². The average Bonchev–Trinajstić information content (AvgIpc) is 3.61.